The zero-order valence-corrected chi connectivity index (χ0v) is 23.0. The maximum atomic E-state index is 13.4. The third-order valence-electron chi connectivity index (χ3n) is 5.94. The van der Waals surface area contributed by atoms with Crippen LogP contribution in [0.3, 0.4) is 0 Å². The van der Waals surface area contributed by atoms with Gasteiger partial charge in [0.15, 0.2) is 23.9 Å². The van der Waals surface area contributed by atoms with Crippen molar-refractivity contribution >= 4 is 29.2 Å². The molecule has 0 aliphatic heterocycles. The third kappa shape index (κ3) is 6.24. The Hall–Kier alpha value is -3.61. The Bertz CT molecular complexity index is 1600. The number of aromatic nitrogens is 5. The topological polar surface area (TPSA) is 104 Å². The highest BCUT2D eigenvalue weighted by atomic mass is 35.5. The predicted octanol–water partition coefficient (Wildman–Crippen LogP) is 5.11. The van der Waals surface area contributed by atoms with E-state index in [1.807, 2.05) is 19.1 Å². The number of rotatable bonds is 8. The summed E-state index contributed by atoms with van der Waals surface area (Å²) in [4.78, 5) is 29.5. The molecule has 0 aliphatic carbocycles. The Morgan fingerprint density at radius 3 is 2.40 bits per heavy atom. The molecule has 2 heterocycles. The minimum absolute atomic E-state index is 0.0433. The average molecular weight is 598 g/mol. The van der Waals surface area contributed by atoms with Crippen molar-refractivity contribution in [3.63, 3.8) is 0 Å². The number of hydrogen-bond acceptors (Lipinski definition) is 6. The van der Waals surface area contributed by atoms with Crippen LogP contribution in [0.5, 0.6) is 0 Å². The van der Waals surface area contributed by atoms with E-state index < -0.39 is 36.6 Å². The fourth-order valence-corrected chi connectivity index (χ4v) is 4.59. The van der Waals surface area contributed by atoms with Crippen LogP contribution in [0.4, 0.5) is 13.2 Å². The Balaban J connectivity index is 1.83. The molecule has 4 aromatic rings. The van der Waals surface area contributed by atoms with Crippen LogP contribution in [0.1, 0.15) is 37.2 Å². The first kappa shape index (κ1) is 29.4. The van der Waals surface area contributed by atoms with E-state index in [0.717, 1.165) is 14.7 Å². The van der Waals surface area contributed by atoms with Gasteiger partial charge in [0.2, 0.25) is 0 Å². The Morgan fingerprint density at radius 2 is 1.80 bits per heavy atom. The minimum atomic E-state index is -4.97. The summed E-state index contributed by atoms with van der Waals surface area (Å²) < 4.78 is 48.2. The van der Waals surface area contributed by atoms with Crippen LogP contribution >= 0.6 is 23.2 Å². The molecule has 2 aromatic heterocycles. The zero-order valence-electron chi connectivity index (χ0n) is 21.5. The third-order valence-corrected chi connectivity index (χ3v) is 6.58. The molecule has 0 saturated carbocycles. The number of aliphatic hydroxyl groups excluding tert-OH is 1. The maximum Gasteiger partial charge on any atom is 0.416 e. The molecule has 14 heteroatoms. The number of halogens is 5. The summed E-state index contributed by atoms with van der Waals surface area (Å²) in [7, 11) is 0. The number of nitrogens with zero attached hydrogens (tertiary/aromatic N) is 5. The second-order valence-corrected chi connectivity index (χ2v) is 9.87. The lowest BCUT2D eigenvalue weighted by Crippen LogP contribution is -2.37. The van der Waals surface area contributed by atoms with E-state index in [1.54, 1.807) is 19.1 Å². The van der Waals surface area contributed by atoms with Crippen LogP contribution in [-0.2, 0) is 22.6 Å². The van der Waals surface area contributed by atoms with Gasteiger partial charge in [-0.25, -0.2) is 14.5 Å². The lowest BCUT2D eigenvalue weighted by atomic mass is 10.1. The number of carbonyl (C=O) groups is 1. The first-order valence-electron chi connectivity index (χ1n) is 12.0. The highest BCUT2D eigenvalue weighted by molar-refractivity contribution is 6.32. The summed E-state index contributed by atoms with van der Waals surface area (Å²) in [5.74, 6) is -0.208. The minimum Gasteiger partial charge on any atom is -0.455 e. The monoisotopic (exact) mass is 597 g/mol. The fourth-order valence-electron chi connectivity index (χ4n) is 4.12. The van der Waals surface area contributed by atoms with Gasteiger partial charge in [-0.3, -0.25) is 13.9 Å². The van der Waals surface area contributed by atoms with Crippen molar-refractivity contribution in [2.75, 3.05) is 0 Å². The summed E-state index contributed by atoms with van der Waals surface area (Å²) in [5, 5.41) is 14.4. The summed E-state index contributed by atoms with van der Waals surface area (Å²) in [6.45, 7) is 3.32. The molecule has 4 rings (SSSR count). The van der Waals surface area contributed by atoms with Crippen LogP contribution in [0.15, 0.2) is 53.3 Å². The SMILES string of the molecule is CC(=O)O[C@@H](C)c1nc(Cn2c(Cl)c(-c3ccc(Cl)cc3)n(C[C@H](O)C(F)(F)F)c2=O)nn1-c1cccc(C)c1. The molecule has 40 heavy (non-hydrogen) atoms. The van der Waals surface area contributed by atoms with Crippen LogP contribution in [0.25, 0.3) is 16.9 Å². The number of ether oxygens (including phenoxy) is 1. The zero-order chi connectivity index (χ0) is 29.4. The Labute approximate surface area is 236 Å². The molecule has 0 aliphatic rings. The van der Waals surface area contributed by atoms with Crippen LogP contribution in [-0.4, -0.2) is 47.3 Å². The molecular weight excluding hydrogens is 574 g/mol. The predicted molar refractivity (Wildman–Crippen MR) is 142 cm³/mol. The van der Waals surface area contributed by atoms with Gasteiger partial charge in [-0.2, -0.15) is 13.2 Å². The second-order valence-electron chi connectivity index (χ2n) is 9.07. The second kappa shape index (κ2) is 11.5. The smallest absolute Gasteiger partial charge is 0.416 e. The van der Waals surface area contributed by atoms with Crippen molar-refractivity contribution in [2.45, 2.75) is 52.2 Å². The number of alkyl halides is 3. The molecule has 2 atom stereocenters. The van der Waals surface area contributed by atoms with E-state index in [1.165, 1.54) is 35.9 Å². The van der Waals surface area contributed by atoms with E-state index in [-0.39, 0.29) is 29.0 Å². The number of esters is 1. The molecule has 1 N–H and O–H groups in total. The average Bonchev–Trinajstić information content (AvgIpc) is 3.39. The van der Waals surface area contributed by atoms with E-state index >= 15 is 0 Å². The van der Waals surface area contributed by atoms with Gasteiger partial charge in [0.05, 0.1) is 24.5 Å². The van der Waals surface area contributed by atoms with Gasteiger partial charge in [-0.05, 0) is 43.7 Å². The van der Waals surface area contributed by atoms with E-state index in [4.69, 9.17) is 27.9 Å². The van der Waals surface area contributed by atoms with Crippen LogP contribution in [0.2, 0.25) is 10.2 Å². The van der Waals surface area contributed by atoms with Crippen molar-refractivity contribution < 1.29 is 27.8 Å². The maximum absolute atomic E-state index is 13.4. The van der Waals surface area contributed by atoms with Crippen LogP contribution in [0, 0.1) is 6.92 Å². The molecule has 0 bridgehead atoms. The molecule has 2 aromatic carbocycles. The highest BCUT2D eigenvalue weighted by Gasteiger charge is 2.39. The number of aliphatic hydroxyl groups is 1. The number of carbonyl (C=O) groups excluding carboxylic acids is 1. The molecule has 0 radical (unpaired) electrons. The molecule has 0 unspecified atom stereocenters. The molecular formula is C26H24Cl2F3N5O4. The summed E-state index contributed by atoms with van der Waals surface area (Å²) in [6, 6.07) is 13.3. The van der Waals surface area contributed by atoms with Crippen molar-refractivity contribution in [2.24, 2.45) is 0 Å². The van der Waals surface area contributed by atoms with Crippen molar-refractivity contribution in [1.82, 2.24) is 23.9 Å². The molecule has 0 fully saturated rings. The van der Waals surface area contributed by atoms with Gasteiger partial charge in [0.1, 0.15) is 5.15 Å². The van der Waals surface area contributed by atoms with E-state index in [9.17, 15) is 27.9 Å². The number of benzene rings is 2. The molecule has 0 saturated heterocycles. The number of aryl methyl sites for hydroxylation is 1. The van der Waals surface area contributed by atoms with Crippen molar-refractivity contribution in [3.8, 4) is 16.9 Å². The van der Waals surface area contributed by atoms with E-state index in [2.05, 4.69) is 10.1 Å². The summed E-state index contributed by atoms with van der Waals surface area (Å²) in [6.07, 6.45) is -8.61. The number of hydrogen-bond donors (Lipinski definition) is 1. The molecule has 9 nitrogen and oxygen atoms in total. The van der Waals surface area contributed by atoms with Gasteiger partial charge < -0.3 is 9.84 Å². The quantitative estimate of drug-likeness (QED) is 0.283. The first-order chi connectivity index (χ1) is 18.8. The van der Waals surface area contributed by atoms with Gasteiger partial charge in [0.25, 0.3) is 0 Å². The summed E-state index contributed by atoms with van der Waals surface area (Å²) in [5.41, 5.74) is 0.881. The van der Waals surface area contributed by atoms with Gasteiger partial charge in [-0.1, -0.05) is 47.5 Å². The summed E-state index contributed by atoms with van der Waals surface area (Å²) >= 11 is 12.5. The standard InChI is InChI=1S/C26H24Cl2F3N5O4/c1-14-5-4-6-19(11-14)36-24(15(2)40-16(3)37)32-21(33-36)13-35-23(28)22(17-7-9-18(27)10-8-17)34(25(35)39)12-20(38)26(29,30)31/h4-11,15,20,38H,12-13H2,1-3H3/t15-,20-/m0/s1. The van der Waals surface area contributed by atoms with Gasteiger partial charge in [0, 0.05) is 17.5 Å². The highest BCUT2D eigenvalue weighted by Crippen LogP contribution is 2.31. The Morgan fingerprint density at radius 1 is 1.12 bits per heavy atom. The van der Waals surface area contributed by atoms with Gasteiger partial charge >= 0.3 is 17.8 Å². The largest absolute Gasteiger partial charge is 0.455 e. The lowest BCUT2D eigenvalue weighted by molar-refractivity contribution is -0.207. The van der Waals surface area contributed by atoms with Crippen LogP contribution < -0.4 is 5.69 Å². The number of imidazole rings is 1. The fraction of sp³-hybridized carbons (Fsp3) is 0.308. The molecule has 0 spiro atoms. The van der Waals surface area contributed by atoms with Gasteiger partial charge in [-0.15, -0.1) is 5.10 Å². The van der Waals surface area contributed by atoms with Crippen molar-refractivity contribution in [1.29, 1.82) is 0 Å². The molecule has 0 amide bonds. The Kier molecular flexibility index (Phi) is 8.43. The van der Waals surface area contributed by atoms with Crippen molar-refractivity contribution in [3.05, 3.63) is 86.4 Å². The lowest BCUT2D eigenvalue weighted by Gasteiger charge is -2.16. The normalized spacial score (nSPS) is 13.3. The van der Waals surface area contributed by atoms with E-state index in [0.29, 0.717) is 16.3 Å². The first-order valence-corrected chi connectivity index (χ1v) is 12.7. The molecule has 212 valence electrons.